The molecule has 33 heavy (non-hydrogen) atoms. The maximum atomic E-state index is 12.8. The molecule has 0 radical (unpaired) electrons. The number of benzene rings is 2. The minimum Gasteiger partial charge on any atom is -0.462 e. The molecule has 7 nitrogen and oxygen atoms in total. The highest BCUT2D eigenvalue weighted by atomic mass is 32.2. The van der Waals surface area contributed by atoms with Crippen LogP contribution in [0.15, 0.2) is 60.7 Å². The summed E-state index contributed by atoms with van der Waals surface area (Å²) in [6, 6.07) is 18.4. The molecule has 0 aliphatic heterocycles. The van der Waals surface area contributed by atoms with Crippen LogP contribution < -0.4 is 10.0 Å². The first-order chi connectivity index (χ1) is 15.9. The molecule has 172 valence electrons. The Balaban J connectivity index is 1.74. The van der Waals surface area contributed by atoms with Gasteiger partial charge >= 0.3 is 5.97 Å². The van der Waals surface area contributed by atoms with Crippen molar-refractivity contribution >= 4 is 51.8 Å². The van der Waals surface area contributed by atoms with Gasteiger partial charge in [0.2, 0.25) is 5.91 Å². The zero-order valence-corrected chi connectivity index (χ0v) is 20.2. The van der Waals surface area contributed by atoms with Crippen molar-refractivity contribution in [2.75, 3.05) is 36.5 Å². The van der Waals surface area contributed by atoms with E-state index in [9.17, 15) is 14.4 Å². The number of hydrogen-bond acceptors (Lipinski definition) is 7. The molecule has 3 aromatic rings. The van der Waals surface area contributed by atoms with E-state index in [0.29, 0.717) is 16.1 Å². The molecule has 1 aromatic heterocycles. The molecule has 0 aliphatic carbocycles. The molecule has 0 atom stereocenters. The molecule has 1 heterocycles. The summed E-state index contributed by atoms with van der Waals surface area (Å²) in [6.45, 7) is 1.79. The van der Waals surface area contributed by atoms with Gasteiger partial charge in [0.15, 0.2) is 0 Å². The van der Waals surface area contributed by atoms with Crippen LogP contribution in [0.1, 0.15) is 27.6 Å². The number of carbonyl (C=O) groups is 3. The Hall–Kier alpha value is -3.30. The third-order valence-corrected chi connectivity index (χ3v) is 6.13. The highest BCUT2D eigenvalue weighted by molar-refractivity contribution is 7.99. The van der Waals surface area contributed by atoms with Crippen molar-refractivity contribution in [3.8, 4) is 10.4 Å². The van der Waals surface area contributed by atoms with Crippen LogP contribution in [0.3, 0.4) is 0 Å². The number of ether oxygens (including phenoxy) is 1. The fraction of sp³-hybridized carbons (Fsp3) is 0.208. The van der Waals surface area contributed by atoms with E-state index in [0.717, 1.165) is 16.1 Å². The molecular formula is C24H25N3O4S2. The normalized spacial score (nSPS) is 10.4. The number of rotatable bonds is 9. The molecule has 0 unspecified atom stereocenters. The first-order valence-electron chi connectivity index (χ1n) is 10.2. The van der Waals surface area contributed by atoms with Crippen molar-refractivity contribution in [3.63, 3.8) is 0 Å². The largest absolute Gasteiger partial charge is 0.462 e. The second-order valence-corrected chi connectivity index (χ2v) is 8.70. The Morgan fingerprint density at radius 1 is 1.06 bits per heavy atom. The van der Waals surface area contributed by atoms with E-state index in [1.165, 1.54) is 28.2 Å². The van der Waals surface area contributed by atoms with Crippen LogP contribution >= 0.6 is 23.3 Å². The molecule has 2 amide bonds. The molecule has 9 heteroatoms. The zero-order chi connectivity index (χ0) is 23.8. The lowest BCUT2D eigenvalue weighted by Crippen LogP contribution is -2.35. The second-order valence-electron chi connectivity index (χ2n) is 7.04. The Labute approximate surface area is 201 Å². The van der Waals surface area contributed by atoms with E-state index in [4.69, 9.17) is 4.74 Å². The number of hydrogen-bond donors (Lipinski definition) is 2. The van der Waals surface area contributed by atoms with Crippen LogP contribution in [-0.2, 0) is 9.53 Å². The van der Waals surface area contributed by atoms with E-state index in [2.05, 4.69) is 10.0 Å². The Morgan fingerprint density at radius 2 is 1.82 bits per heavy atom. The van der Waals surface area contributed by atoms with Gasteiger partial charge in [-0.1, -0.05) is 48.3 Å². The molecule has 0 spiro atoms. The van der Waals surface area contributed by atoms with Crippen molar-refractivity contribution in [3.05, 3.63) is 71.8 Å². The van der Waals surface area contributed by atoms with Crippen LogP contribution in [0, 0.1) is 0 Å². The van der Waals surface area contributed by atoms with Gasteiger partial charge in [0.25, 0.3) is 5.91 Å². The van der Waals surface area contributed by atoms with E-state index >= 15 is 0 Å². The Kier molecular flexibility index (Phi) is 8.51. The number of nitrogens with one attached hydrogen (secondary N) is 2. The van der Waals surface area contributed by atoms with Gasteiger partial charge in [-0.05, 0) is 36.8 Å². The maximum absolute atomic E-state index is 12.8. The third-order valence-electron chi connectivity index (χ3n) is 4.60. The number of nitrogens with zero attached hydrogens (tertiary/aromatic N) is 1. The summed E-state index contributed by atoms with van der Waals surface area (Å²) >= 11 is 2.71. The Bertz CT molecular complexity index is 1130. The number of thiophene rings is 1. The Morgan fingerprint density at radius 3 is 2.52 bits per heavy atom. The van der Waals surface area contributed by atoms with Crippen LogP contribution in [0.5, 0.6) is 0 Å². The summed E-state index contributed by atoms with van der Waals surface area (Å²) in [5.41, 5.74) is 2.50. The van der Waals surface area contributed by atoms with Crippen LogP contribution in [-0.4, -0.2) is 49.1 Å². The first kappa shape index (κ1) is 24.3. The summed E-state index contributed by atoms with van der Waals surface area (Å²) in [7, 11) is 1.56. The summed E-state index contributed by atoms with van der Waals surface area (Å²) in [6.07, 6.45) is 1.89. The summed E-state index contributed by atoms with van der Waals surface area (Å²) in [4.78, 5) is 40.1. The molecule has 0 fully saturated rings. The minimum absolute atomic E-state index is 0.167. The minimum atomic E-state index is -0.506. The summed E-state index contributed by atoms with van der Waals surface area (Å²) in [5.74, 6) is -1.19. The molecule has 0 saturated heterocycles. The standard InChI is InChI=1S/C24H25N3O4S2/c1-4-31-24(30)19-14-20(16-9-6-5-7-10-16)33-22(19)25-21(28)15-27(2)23(29)17-11-8-12-18(13-17)26-32-3/h5-14,26H,4,15H2,1-3H3,(H,25,28). The lowest BCUT2D eigenvalue weighted by Gasteiger charge is -2.17. The van der Waals surface area contributed by atoms with Gasteiger partial charge in [0, 0.05) is 29.4 Å². The fourth-order valence-electron chi connectivity index (χ4n) is 3.10. The van der Waals surface area contributed by atoms with E-state index in [-0.39, 0.29) is 19.1 Å². The third kappa shape index (κ3) is 6.36. The average Bonchev–Trinajstić information content (AvgIpc) is 3.23. The van der Waals surface area contributed by atoms with Crippen molar-refractivity contribution in [1.29, 1.82) is 0 Å². The SMILES string of the molecule is CCOC(=O)c1cc(-c2ccccc2)sc1NC(=O)CN(C)C(=O)c1cccc(NSC)c1. The van der Waals surface area contributed by atoms with Crippen molar-refractivity contribution in [1.82, 2.24) is 4.90 Å². The molecule has 2 aromatic carbocycles. The fourth-order valence-corrected chi connectivity index (χ4v) is 4.53. The van der Waals surface area contributed by atoms with Gasteiger partial charge in [-0.2, -0.15) is 0 Å². The van der Waals surface area contributed by atoms with E-state index in [1.54, 1.807) is 38.2 Å². The van der Waals surface area contributed by atoms with Gasteiger partial charge in [-0.25, -0.2) is 4.79 Å². The predicted octanol–water partition coefficient (Wildman–Crippen LogP) is 4.99. The monoisotopic (exact) mass is 483 g/mol. The van der Waals surface area contributed by atoms with Crippen molar-refractivity contribution < 1.29 is 19.1 Å². The van der Waals surface area contributed by atoms with Gasteiger partial charge in [-0.15, -0.1) is 11.3 Å². The topological polar surface area (TPSA) is 87.7 Å². The first-order valence-corrected chi connectivity index (χ1v) is 12.3. The lowest BCUT2D eigenvalue weighted by atomic mass is 10.1. The highest BCUT2D eigenvalue weighted by Crippen LogP contribution is 2.36. The number of likely N-dealkylation sites (N-methyl/N-ethyl adjacent to an activating group) is 1. The molecule has 0 bridgehead atoms. The summed E-state index contributed by atoms with van der Waals surface area (Å²) in [5, 5.41) is 3.17. The zero-order valence-electron chi connectivity index (χ0n) is 18.6. The lowest BCUT2D eigenvalue weighted by molar-refractivity contribution is -0.116. The number of esters is 1. The van der Waals surface area contributed by atoms with Gasteiger partial charge < -0.3 is 19.7 Å². The maximum Gasteiger partial charge on any atom is 0.341 e. The number of amides is 2. The van der Waals surface area contributed by atoms with E-state index in [1.807, 2.05) is 42.7 Å². The summed E-state index contributed by atoms with van der Waals surface area (Å²) < 4.78 is 8.23. The highest BCUT2D eigenvalue weighted by Gasteiger charge is 2.21. The quantitative estimate of drug-likeness (QED) is 0.329. The van der Waals surface area contributed by atoms with Gasteiger partial charge in [0.1, 0.15) is 5.00 Å². The van der Waals surface area contributed by atoms with Crippen LogP contribution in [0.25, 0.3) is 10.4 Å². The molecular weight excluding hydrogens is 458 g/mol. The van der Waals surface area contributed by atoms with Crippen LogP contribution in [0.4, 0.5) is 10.7 Å². The predicted molar refractivity (Wildman–Crippen MR) is 135 cm³/mol. The van der Waals surface area contributed by atoms with Crippen molar-refractivity contribution in [2.24, 2.45) is 0 Å². The molecule has 2 N–H and O–H groups in total. The second kappa shape index (κ2) is 11.5. The van der Waals surface area contributed by atoms with Crippen LogP contribution in [0.2, 0.25) is 0 Å². The van der Waals surface area contributed by atoms with Gasteiger partial charge in [0.05, 0.1) is 18.7 Å². The molecule has 0 aliphatic rings. The van der Waals surface area contributed by atoms with Gasteiger partial charge in [-0.3, -0.25) is 9.59 Å². The van der Waals surface area contributed by atoms with E-state index < -0.39 is 11.9 Å². The van der Waals surface area contributed by atoms with Crippen molar-refractivity contribution in [2.45, 2.75) is 6.92 Å². The molecule has 3 rings (SSSR count). The number of carbonyl (C=O) groups excluding carboxylic acids is 3. The number of anilines is 2. The average molecular weight is 484 g/mol. The smallest absolute Gasteiger partial charge is 0.341 e. The molecule has 0 saturated carbocycles.